The van der Waals surface area contributed by atoms with Crippen molar-refractivity contribution in [3.63, 3.8) is 0 Å². The van der Waals surface area contributed by atoms with E-state index in [1.807, 2.05) is 23.1 Å². The largest absolute Gasteiger partial charge is 0.355 e. The van der Waals surface area contributed by atoms with Gasteiger partial charge < -0.3 is 10.2 Å². The Morgan fingerprint density at radius 3 is 2.85 bits per heavy atom. The van der Waals surface area contributed by atoms with Gasteiger partial charge in [0, 0.05) is 25.2 Å². The molecule has 2 aliphatic rings. The molecule has 27 heavy (non-hydrogen) atoms. The Labute approximate surface area is 163 Å². The summed E-state index contributed by atoms with van der Waals surface area (Å²) in [5, 5.41) is 3.05. The first-order chi connectivity index (χ1) is 13.1. The topological polar surface area (TPSA) is 49.4 Å². The van der Waals surface area contributed by atoms with Crippen LogP contribution in [0.15, 0.2) is 35.9 Å². The maximum atomic E-state index is 12.6. The van der Waals surface area contributed by atoms with E-state index >= 15 is 0 Å². The molecule has 3 rings (SSSR count). The van der Waals surface area contributed by atoms with Gasteiger partial charge in [-0.25, -0.2) is 0 Å². The standard InChI is InChI=1S/C23H32N2O2/c1-3-17(2)20-11-7-8-12-21(20)25-16-19(15-22(25)26)23(27)24-14-13-18-9-5-4-6-10-18/h7-9,11-12,17,19H,3-6,10,13-16H2,1-2H3,(H,24,27)/t17-,19+/m1/s1. The monoisotopic (exact) mass is 368 g/mol. The van der Waals surface area contributed by atoms with Crippen molar-refractivity contribution in [2.45, 2.75) is 64.7 Å². The lowest BCUT2D eigenvalue weighted by molar-refractivity contribution is -0.126. The predicted octanol–water partition coefficient (Wildman–Crippen LogP) is 4.56. The van der Waals surface area contributed by atoms with Crippen LogP contribution in [0.25, 0.3) is 0 Å². The van der Waals surface area contributed by atoms with Crippen LogP contribution in [-0.2, 0) is 9.59 Å². The summed E-state index contributed by atoms with van der Waals surface area (Å²) in [5.74, 6) is 0.220. The maximum absolute atomic E-state index is 12.6. The molecule has 0 bridgehead atoms. The molecular formula is C23H32N2O2. The van der Waals surface area contributed by atoms with Crippen molar-refractivity contribution in [3.8, 4) is 0 Å². The second-order valence-corrected chi connectivity index (χ2v) is 7.92. The third-order valence-corrected chi connectivity index (χ3v) is 6.00. The van der Waals surface area contributed by atoms with Crippen LogP contribution in [0.3, 0.4) is 0 Å². The molecular weight excluding hydrogens is 336 g/mol. The fourth-order valence-corrected chi connectivity index (χ4v) is 4.11. The molecule has 1 N–H and O–H groups in total. The molecule has 1 saturated heterocycles. The van der Waals surface area contributed by atoms with Crippen LogP contribution >= 0.6 is 0 Å². The van der Waals surface area contributed by atoms with Gasteiger partial charge in [-0.1, -0.05) is 43.7 Å². The lowest BCUT2D eigenvalue weighted by Gasteiger charge is -2.23. The molecule has 0 saturated carbocycles. The minimum atomic E-state index is -0.247. The highest BCUT2D eigenvalue weighted by molar-refractivity contribution is 6.00. The van der Waals surface area contributed by atoms with Gasteiger partial charge in [-0.05, 0) is 56.1 Å². The molecule has 2 atom stereocenters. The molecule has 0 spiro atoms. The van der Waals surface area contributed by atoms with E-state index in [4.69, 9.17) is 0 Å². The highest BCUT2D eigenvalue weighted by atomic mass is 16.2. The van der Waals surface area contributed by atoms with Gasteiger partial charge in [0.25, 0.3) is 0 Å². The van der Waals surface area contributed by atoms with E-state index in [9.17, 15) is 9.59 Å². The summed E-state index contributed by atoms with van der Waals surface area (Å²) in [5.41, 5.74) is 3.63. The van der Waals surface area contributed by atoms with Gasteiger partial charge in [0.15, 0.2) is 0 Å². The molecule has 1 aliphatic carbocycles. The van der Waals surface area contributed by atoms with Gasteiger partial charge in [0.05, 0.1) is 5.92 Å². The summed E-state index contributed by atoms with van der Waals surface area (Å²) in [4.78, 5) is 27.0. The molecule has 4 heteroatoms. The molecule has 4 nitrogen and oxygen atoms in total. The smallest absolute Gasteiger partial charge is 0.227 e. The van der Waals surface area contributed by atoms with E-state index in [1.165, 1.54) is 30.4 Å². The lowest BCUT2D eigenvalue weighted by atomic mass is 9.96. The molecule has 1 heterocycles. The van der Waals surface area contributed by atoms with E-state index in [-0.39, 0.29) is 17.7 Å². The number of nitrogens with one attached hydrogen (secondary N) is 1. The normalized spacial score (nSPS) is 21.1. The van der Waals surface area contributed by atoms with Crippen molar-refractivity contribution in [2.75, 3.05) is 18.0 Å². The zero-order chi connectivity index (χ0) is 19.2. The van der Waals surface area contributed by atoms with Crippen molar-refractivity contribution in [3.05, 3.63) is 41.5 Å². The fourth-order valence-electron chi connectivity index (χ4n) is 4.11. The second kappa shape index (κ2) is 9.20. The van der Waals surface area contributed by atoms with Gasteiger partial charge in [-0.3, -0.25) is 9.59 Å². The van der Waals surface area contributed by atoms with E-state index in [0.717, 1.165) is 24.9 Å². The number of rotatable bonds is 7. The first kappa shape index (κ1) is 19.7. The highest BCUT2D eigenvalue weighted by Gasteiger charge is 2.36. The third kappa shape index (κ3) is 4.79. The van der Waals surface area contributed by atoms with Gasteiger partial charge in [-0.15, -0.1) is 0 Å². The predicted molar refractivity (Wildman–Crippen MR) is 110 cm³/mol. The molecule has 0 radical (unpaired) electrons. The van der Waals surface area contributed by atoms with E-state index in [0.29, 0.717) is 25.4 Å². The summed E-state index contributed by atoms with van der Waals surface area (Å²) in [7, 11) is 0. The van der Waals surface area contributed by atoms with Gasteiger partial charge in [-0.2, -0.15) is 0 Å². The summed E-state index contributed by atoms with van der Waals surface area (Å²) in [6.07, 6.45) is 9.48. The van der Waals surface area contributed by atoms with Crippen LogP contribution in [0.4, 0.5) is 5.69 Å². The fraction of sp³-hybridized carbons (Fsp3) is 0.565. The molecule has 1 aromatic carbocycles. The van der Waals surface area contributed by atoms with Crippen LogP contribution in [0.2, 0.25) is 0 Å². The second-order valence-electron chi connectivity index (χ2n) is 7.92. The van der Waals surface area contributed by atoms with Crippen molar-refractivity contribution < 1.29 is 9.59 Å². The maximum Gasteiger partial charge on any atom is 0.227 e. The molecule has 2 amide bonds. The number of para-hydroxylation sites is 1. The Bertz CT molecular complexity index is 710. The summed E-state index contributed by atoms with van der Waals surface area (Å²) >= 11 is 0. The molecule has 146 valence electrons. The SMILES string of the molecule is CC[C@@H](C)c1ccccc1N1C[C@@H](C(=O)NCCC2=CCCCC2)CC1=O. The van der Waals surface area contributed by atoms with Gasteiger partial charge >= 0.3 is 0 Å². The van der Waals surface area contributed by atoms with Gasteiger partial charge in [0.1, 0.15) is 0 Å². The Morgan fingerprint density at radius 2 is 2.11 bits per heavy atom. The highest BCUT2D eigenvalue weighted by Crippen LogP contribution is 2.33. The Balaban J connectivity index is 1.58. The number of anilines is 1. The lowest BCUT2D eigenvalue weighted by Crippen LogP contribution is -2.34. The molecule has 1 aromatic rings. The first-order valence-corrected chi connectivity index (χ1v) is 10.4. The van der Waals surface area contributed by atoms with Gasteiger partial charge in [0.2, 0.25) is 11.8 Å². The number of carbonyl (C=O) groups is 2. The van der Waals surface area contributed by atoms with Crippen molar-refractivity contribution >= 4 is 17.5 Å². The third-order valence-electron chi connectivity index (χ3n) is 6.00. The van der Waals surface area contributed by atoms with Crippen LogP contribution in [-0.4, -0.2) is 24.9 Å². The zero-order valence-electron chi connectivity index (χ0n) is 16.7. The number of hydrogen-bond donors (Lipinski definition) is 1. The van der Waals surface area contributed by atoms with E-state index in [2.05, 4.69) is 31.3 Å². The number of hydrogen-bond acceptors (Lipinski definition) is 2. The summed E-state index contributed by atoms with van der Waals surface area (Å²) in [6.45, 7) is 5.51. The average molecular weight is 369 g/mol. The zero-order valence-corrected chi connectivity index (χ0v) is 16.7. The average Bonchev–Trinajstić information content (AvgIpc) is 3.09. The molecule has 1 aliphatic heterocycles. The van der Waals surface area contributed by atoms with E-state index in [1.54, 1.807) is 0 Å². The van der Waals surface area contributed by atoms with Crippen LogP contribution in [0.5, 0.6) is 0 Å². The molecule has 1 fully saturated rings. The van der Waals surface area contributed by atoms with Crippen molar-refractivity contribution in [1.29, 1.82) is 0 Å². The van der Waals surface area contributed by atoms with Crippen LogP contribution in [0, 0.1) is 5.92 Å². The summed E-state index contributed by atoms with van der Waals surface area (Å²) < 4.78 is 0. The first-order valence-electron chi connectivity index (χ1n) is 10.4. The molecule has 0 unspecified atom stereocenters. The quantitative estimate of drug-likeness (QED) is 0.717. The number of amides is 2. The number of nitrogens with zero attached hydrogens (tertiary/aromatic N) is 1. The number of carbonyl (C=O) groups excluding carboxylic acids is 2. The Morgan fingerprint density at radius 1 is 1.30 bits per heavy atom. The number of allylic oxidation sites excluding steroid dienone is 1. The Kier molecular flexibility index (Phi) is 6.70. The van der Waals surface area contributed by atoms with Crippen LogP contribution in [0.1, 0.15) is 70.3 Å². The minimum Gasteiger partial charge on any atom is -0.355 e. The number of benzene rings is 1. The summed E-state index contributed by atoms with van der Waals surface area (Å²) in [6, 6.07) is 8.10. The molecule has 0 aromatic heterocycles. The van der Waals surface area contributed by atoms with Crippen LogP contribution < -0.4 is 10.2 Å². The van der Waals surface area contributed by atoms with E-state index < -0.39 is 0 Å². The van der Waals surface area contributed by atoms with Crippen molar-refractivity contribution in [2.24, 2.45) is 5.92 Å². The minimum absolute atomic E-state index is 0.0169. The Hall–Kier alpha value is -2.10. The van der Waals surface area contributed by atoms with Crippen molar-refractivity contribution in [1.82, 2.24) is 5.32 Å².